The highest BCUT2D eigenvalue weighted by molar-refractivity contribution is 5.78. The second-order valence-electron chi connectivity index (χ2n) is 8.32. The van der Waals surface area contributed by atoms with Crippen molar-refractivity contribution in [3.8, 4) is 0 Å². The van der Waals surface area contributed by atoms with Gasteiger partial charge in [0.2, 0.25) is 5.91 Å². The summed E-state index contributed by atoms with van der Waals surface area (Å²) in [5.74, 6) is 0.256. The van der Waals surface area contributed by atoms with Gasteiger partial charge in [-0.25, -0.2) is 0 Å². The van der Waals surface area contributed by atoms with Crippen LogP contribution in [0.4, 0.5) is 0 Å². The van der Waals surface area contributed by atoms with Gasteiger partial charge in [-0.2, -0.15) is 0 Å². The van der Waals surface area contributed by atoms with Crippen LogP contribution in [0, 0.1) is 5.92 Å². The second kappa shape index (κ2) is 13.2. The third-order valence-corrected chi connectivity index (χ3v) is 6.08. The number of rotatable bonds is 13. The monoisotopic (exact) mass is 415 g/mol. The van der Waals surface area contributed by atoms with E-state index in [0.717, 1.165) is 44.9 Å². The Kier molecular flexibility index (Phi) is 10.6. The molecule has 1 amide bonds. The van der Waals surface area contributed by atoms with E-state index < -0.39 is 0 Å². The Morgan fingerprint density at radius 2 is 2.03 bits per heavy atom. The lowest BCUT2D eigenvalue weighted by atomic mass is 9.92. The second-order valence-corrected chi connectivity index (χ2v) is 8.32. The van der Waals surface area contributed by atoms with Crippen LogP contribution in [0.5, 0.6) is 0 Å². The van der Waals surface area contributed by atoms with E-state index in [1.165, 1.54) is 12.7 Å². The van der Waals surface area contributed by atoms with Crippen molar-refractivity contribution in [3.05, 3.63) is 48.0 Å². The number of aliphatic hydroxyl groups excluding tert-OH is 1. The van der Waals surface area contributed by atoms with Gasteiger partial charge in [0.15, 0.2) is 0 Å². The van der Waals surface area contributed by atoms with E-state index >= 15 is 0 Å². The summed E-state index contributed by atoms with van der Waals surface area (Å²) in [6, 6.07) is 10.6. The summed E-state index contributed by atoms with van der Waals surface area (Å²) < 4.78 is 4.63. The smallest absolute Gasteiger partial charge is 0.305 e. The van der Waals surface area contributed by atoms with Crippen molar-refractivity contribution < 1.29 is 19.4 Å². The van der Waals surface area contributed by atoms with Gasteiger partial charge in [-0.15, -0.1) is 0 Å². The number of ether oxygens (including phenoxy) is 1. The quantitative estimate of drug-likeness (QED) is 0.297. The van der Waals surface area contributed by atoms with Crippen molar-refractivity contribution in [1.82, 2.24) is 4.90 Å². The molecule has 5 nitrogen and oxygen atoms in total. The third-order valence-electron chi connectivity index (χ3n) is 6.08. The molecule has 0 spiro atoms. The number of hydrogen-bond donors (Lipinski definition) is 1. The molecule has 0 aromatic heterocycles. The van der Waals surface area contributed by atoms with Crippen molar-refractivity contribution in [3.63, 3.8) is 0 Å². The molecule has 1 aromatic carbocycles. The first-order valence-electron chi connectivity index (χ1n) is 11.2. The van der Waals surface area contributed by atoms with Crippen LogP contribution in [0.15, 0.2) is 42.5 Å². The van der Waals surface area contributed by atoms with Gasteiger partial charge in [0, 0.05) is 25.4 Å². The Hall–Kier alpha value is -2.14. The SMILES string of the molecule is COC(=O)CCCC=CCN1C(=O)CCC1CC[C@@H](O)[C@@H](C)CCc1ccccc1. The molecule has 1 saturated heterocycles. The number of hydrogen-bond acceptors (Lipinski definition) is 4. The molecule has 0 bridgehead atoms. The Morgan fingerprint density at radius 3 is 2.77 bits per heavy atom. The van der Waals surface area contributed by atoms with E-state index in [0.29, 0.717) is 19.4 Å². The highest BCUT2D eigenvalue weighted by Crippen LogP contribution is 2.25. The average Bonchev–Trinajstić information content (AvgIpc) is 3.12. The standard InChI is InChI=1S/C25H37NO4/c1-20(13-14-21-10-6-5-7-11-21)23(27)17-15-22-16-18-24(28)26(22)19-9-4-3-8-12-25(29)30-2/h4-7,9-11,20,22-23,27H,3,8,12-19H2,1-2H3/t20-,22?,23+/m0/s1. The number of esters is 1. The summed E-state index contributed by atoms with van der Waals surface area (Å²) in [6.07, 6.45) is 10.7. The van der Waals surface area contributed by atoms with E-state index in [4.69, 9.17) is 0 Å². The third kappa shape index (κ3) is 8.31. The van der Waals surface area contributed by atoms with Crippen molar-refractivity contribution >= 4 is 11.9 Å². The summed E-state index contributed by atoms with van der Waals surface area (Å²) in [5, 5.41) is 10.6. The van der Waals surface area contributed by atoms with Gasteiger partial charge in [-0.05, 0) is 56.4 Å². The van der Waals surface area contributed by atoms with Gasteiger partial charge in [-0.1, -0.05) is 49.4 Å². The number of aliphatic hydroxyl groups is 1. The van der Waals surface area contributed by atoms with Gasteiger partial charge >= 0.3 is 5.97 Å². The normalized spacial score (nSPS) is 18.7. The predicted octanol–water partition coefficient (Wildman–Crippen LogP) is 4.29. The van der Waals surface area contributed by atoms with Crippen LogP contribution >= 0.6 is 0 Å². The molecular formula is C25H37NO4. The Balaban J connectivity index is 1.69. The van der Waals surface area contributed by atoms with E-state index in [1.54, 1.807) is 0 Å². The molecule has 166 valence electrons. The molecule has 1 unspecified atom stereocenters. The molecular weight excluding hydrogens is 378 g/mol. The van der Waals surface area contributed by atoms with Crippen molar-refractivity contribution in [1.29, 1.82) is 0 Å². The van der Waals surface area contributed by atoms with Crippen LogP contribution in [0.2, 0.25) is 0 Å². The minimum Gasteiger partial charge on any atom is -0.469 e. The van der Waals surface area contributed by atoms with E-state index in [2.05, 4.69) is 35.9 Å². The first-order valence-corrected chi connectivity index (χ1v) is 11.2. The zero-order valence-corrected chi connectivity index (χ0v) is 18.5. The van der Waals surface area contributed by atoms with Crippen molar-refractivity contribution in [2.24, 2.45) is 5.92 Å². The maximum atomic E-state index is 12.2. The highest BCUT2D eigenvalue weighted by atomic mass is 16.5. The molecule has 2 rings (SSSR count). The molecule has 0 saturated carbocycles. The minimum absolute atomic E-state index is 0.185. The van der Waals surface area contributed by atoms with E-state index in [1.807, 2.05) is 23.1 Å². The van der Waals surface area contributed by atoms with E-state index in [9.17, 15) is 14.7 Å². The van der Waals surface area contributed by atoms with Gasteiger partial charge in [0.25, 0.3) is 0 Å². The minimum atomic E-state index is -0.333. The fourth-order valence-electron chi connectivity index (χ4n) is 4.00. The predicted molar refractivity (Wildman–Crippen MR) is 119 cm³/mol. The maximum absolute atomic E-state index is 12.2. The lowest BCUT2D eigenvalue weighted by Gasteiger charge is -2.26. The molecule has 30 heavy (non-hydrogen) atoms. The Bertz CT molecular complexity index is 673. The number of aryl methyl sites for hydroxylation is 1. The number of amides is 1. The van der Waals surface area contributed by atoms with Crippen LogP contribution in [-0.4, -0.2) is 47.7 Å². The van der Waals surface area contributed by atoms with E-state index in [-0.39, 0.29) is 29.9 Å². The van der Waals surface area contributed by atoms with Crippen LogP contribution < -0.4 is 0 Å². The molecule has 0 radical (unpaired) electrons. The molecule has 3 atom stereocenters. The number of allylic oxidation sites excluding steroid dienone is 1. The fourth-order valence-corrected chi connectivity index (χ4v) is 4.00. The summed E-state index contributed by atoms with van der Waals surface area (Å²) >= 11 is 0. The first-order chi connectivity index (χ1) is 14.5. The van der Waals surface area contributed by atoms with Crippen LogP contribution in [-0.2, 0) is 20.7 Å². The summed E-state index contributed by atoms with van der Waals surface area (Å²) in [5.41, 5.74) is 1.31. The van der Waals surface area contributed by atoms with Gasteiger partial charge in [0.05, 0.1) is 13.2 Å². The van der Waals surface area contributed by atoms with Crippen LogP contribution in [0.3, 0.4) is 0 Å². The average molecular weight is 416 g/mol. The van der Waals surface area contributed by atoms with Crippen molar-refractivity contribution in [2.45, 2.75) is 76.9 Å². The highest BCUT2D eigenvalue weighted by Gasteiger charge is 2.30. The van der Waals surface area contributed by atoms with Gasteiger partial charge in [-0.3, -0.25) is 9.59 Å². The lowest BCUT2D eigenvalue weighted by molar-refractivity contribution is -0.140. The fraction of sp³-hybridized carbons (Fsp3) is 0.600. The Labute approximate surface area is 181 Å². The number of methoxy groups -OCH3 is 1. The maximum Gasteiger partial charge on any atom is 0.305 e. The molecule has 5 heteroatoms. The van der Waals surface area contributed by atoms with Gasteiger partial charge in [0.1, 0.15) is 0 Å². The number of nitrogens with zero attached hydrogens (tertiary/aromatic N) is 1. The number of unbranched alkanes of at least 4 members (excludes halogenated alkanes) is 1. The number of likely N-dealkylation sites (tertiary alicyclic amines) is 1. The molecule has 1 aliphatic rings. The summed E-state index contributed by atoms with van der Waals surface area (Å²) in [4.78, 5) is 25.3. The van der Waals surface area contributed by atoms with Crippen LogP contribution in [0.25, 0.3) is 0 Å². The summed E-state index contributed by atoms with van der Waals surface area (Å²) in [7, 11) is 1.40. The first kappa shape index (κ1) is 24.1. The molecule has 1 aromatic rings. The topological polar surface area (TPSA) is 66.8 Å². The molecule has 1 N–H and O–H groups in total. The molecule has 1 aliphatic heterocycles. The molecule has 1 heterocycles. The van der Waals surface area contributed by atoms with Gasteiger partial charge < -0.3 is 14.7 Å². The largest absolute Gasteiger partial charge is 0.469 e. The zero-order valence-electron chi connectivity index (χ0n) is 18.5. The number of benzene rings is 1. The van der Waals surface area contributed by atoms with Crippen LogP contribution in [0.1, 0.15) is 63.9 Å². The summed E-state index contributed by atoms with van der Waals surface area (Å²) in [6.45, 7) is 2.73. The number of carbonyl (C=O) groups is 2. The lowest BCUT2D eigenvalue weighted by Crippen LogP contribution is -2.34. The molecule has 0 aliphatic carbocycles. The number of carbonyl (C=O) groups excluding carboxylic acids is 2. The Morgan fingerprint density at radius 1 is 1.27 bits per heavy atom. The van der Waals surface area contributed by atoms with Crippen molar-refractivity contribution in [2.75, 3.05) is 13.7 Å². The molecule has 1 fully saturated rings. The zero-order chi connectivity index (χ0) is 21.8.